The number of aliphatic imine (C=N–C) groups is 2. The van der Waals surface area contributed by atoms with Crippen LogP contribution in [-0.2, 0) is 9.59 Å². The predicted octanol–water partition coefficient (Wildman–Crippen LogP) is 0.617. The summed E-state index contributed by atoms with van der Waals surface area (Å²) < 4.78 is 0. The third-order valence-electron chi connectivity index (χ3n) is 2.71. The summed E-state index contributed by atoms with van der Waals surface area (Å²) in [5.41, 5.74) is 0.292. The lowest BCUT2D eigenvalue weighted by molar-refractivity contribution is -0.116. The summed E-state index contributed by atoms with van der Waals surface area (Å²) >= 11 is 0. The maximum Gasteiger partial charge on any atom is 0.274 e. The van der Waals surface area contributed by atoms with E-state index in [1.165, 1.54) is 6.08 Å². The molecule has 15 heavy (non-hydrogen) atoms. The summed E-state index contributed by atoms with van der Waals surface area (Å²) in [6.45, 7) is 0. The third kappa shape index (κ3) is 0.905. The molecule has 0 aromatic heterocycles. The van der Waals surface area contributed by atoms with E-state index in [1.54, 1.807) is 18.4 Å². The number of carbonyl (C=O) groups is 2. The van der Waals surface area contributed by atoms with Crippen LogP contribution in [0.2, 0.25) is 0 Å². The van der Waals surface area contributed by atoms with Gasteiger partial charge in [0.25, 0.3) is 11.8 Å². The van der Waals surface area contributed by atoms with E-state index in [-0.39, 0.29) is 5.91 Å². The molecule has 3 aliphatic rings. The van der Waals surface area contributed by atoms with Crippen LogP contribution in [0.15, 0.2) is 45.9 Å². The number of amides is 2. The van der Waals surface area contributed by atoms with Crippen LogP contribution < -0.4 is 0 Å². The first-order chi connectivity index (χ1) is 7.22. The molecular formula is C11H6N2O2. The molecule has 0 saturated heterocycles. The van der Waals surface area contributed by atoms with Crippen LogP contribution in [-0.4, -0.2) is 23.7 Å². The van der Waals surface area contributed by atoms with Crippen molar-refractivity contribution in [1.82, 2.24) is 0 Å². The molecule has 0 saturated carbocycles. The Morgan fingerprint density at radius 2 is 2.07 bits per heavy atom. The van der Waals surface area contributed by atoms with Gasteiger partial charge in [0, 0.05) is 17.9 Å². The van der Waals surface area contributed by atoms with Gasteiger partial charge in [0.05, 0.1) is 11.1 Å². The third-order valence-corrected chi connectivity index (χ3v) is 2.71. The Labute approximate surface area is 85.4 Å². The fourth-order valence-corrected chi connectivity index (χ4v) is 1.98. The molecule has 4 nitrogen and oxygen atoms in total. The van der Waals surface area contributed by atoms with E-state index >= 15 is 0 Å². The van der Waals surface area contributed by atoms with Crippen LogP contribution in [0, 0.1) is 5.41 Å². The van der Waals surface area contributed by atoms with Gasteiger partial charge in [-0.15, -0.1) is 0 Å². The van der Waals surface area contributed by atoms with Gasteiger partial charge in [-0.1, -0.05) is 18.2 Å². The molecule has 0 radical (unpaired) electrons. The molecule has 1 aliphatic carbocycles. The summed E-state index contributed by atoms with van der Waals surface area (Å²) in [7, 11) is 0. The standard InChI is InChI=1S/C11H6N2O2/c14-9-5-7-10(15)12-6-11(7)4-2-1-3-8(11)13-9/h1-6H. The minimum Gasteiger partial charge on any atom is -0.267 e. The largest absolute Gasteiger partial charge is 0.274 e. The van der Waals surface area contributed by atoms with E-state index in [2.05, 4.69) is 9.98 Å². The van der Waals surface area contributed by atoms with E-state index in [0.717, 1.165) is 0 Å². The van der Waals surface area contributed by atoms with Gasteiger partial charge in [-0.05, 0) is 6.08 Å². The van der Waals surface area contributed by atoms with Crippen molar-refractivity contribution >= 4 is 23.7 Å². The highest BCUT2D eigenvalue weighted by Gasteiger charge is 2.45. The maximum atomic E-state index is 11.5. The van der Waals surface area contributed by atoms with Crippen molar-refractivity contribution in [3.05, 3.63) is 36.0 Å². The predicted molar refractivity (Wildman–Crippen MR) is 54.7 cm³/mol. The first-order valence-electron chi connectivity index (χ1n) is 4.53. The van der Waals surface area contributed by atoms with Crippen molar-refractivity contribution in [2.45, 2.75) is 0 Å². The molecule has 1 unspecified atom stereocenters. The quantitative estimate of drug-likeness (QED) is 0.572. The average Bonchev–Trinajstić information content (AvgIpc) is 2.54. The molecule has 3 rings (SSSR count). The van der Waals surface area contributed by atoms with Crippen molar-refractivity contribution in [2.24, 2.45) is 15.4 Å². The summed E-state index contributed by atoms with van der Waals surface area (Å²) in [6.07, 6.45) is 9.99. The monoisotopic (exact) mass is 198 g/mol. The minimum absolute atomic E-state index is 0.351. The second kappa shape index (κ2) is 2.48. The first kappa shape index (κ1) is 8.23. The van der Waals surface area contributed by atoms with E-state index in [1.807, 2.05) is 12.2 Å². The zero-order valence-electron chi connectivity index (χ0n) is 7.68. The lowest BCUT2D eigenvalue weighted by Gasteiger charge is -2.27. The molecule has 2 heterocycles. The second-order valence-electron chi connectivity index (χ2n) is 3.54. The van der Waals surface area contributed by atoms with Gasteiger partial charge in [-0.2, -0.15) is 0 Å². The molecule has 0 aromatic carbocycles. The van der Waals surface area contributed by atoms with Crippen molar-refractivity contribution in [3.63, 3.8) is 0 Å². The SMILES string of the molecule is O=C1C=C2C(=O)N=CC23C=CC=CC3=N1. The normalized spacial score (nSPS) is 31.2. The number of rotatable bonds is 0. The van der Waals surface area contributed by atoms with Crippen molar-refractivity contribution in [2.75, 3.05) is 0 Å². The fourth-order valence-electron chi connectivity index (χ4n) is 1.98. The molecule has 0 N–H and O–H groups in total. The highest BCUT2D eigenvalue weighted by molar-refractivity contribution is 6.31. The number of carbonyl (C=O) groups excluding carboxylic acids is 2. The van der Waals surface area contributed by atoms with Gasteiger partial charge < -0.3 is 0 Å². The zero-order chi connectivity index (χ0) is 10.5. The maximum absolute atomic E-state index is 11.5. The van der Waals surface area contributed by atoms with Crippen molar-refractivity contribution < 1.29 is 9.59 Å². The molecule has 1 spiro atoms. The highest BCUT2D eigenvalue weighted by Crippen LogP contribution is 2.39. The summed E-state index contributed by atoms with van der Waals surface area (Å²) in [5.74, 6) is -0.745. The topological polar surface area (TPSA) is 58.9 Å². The van der Waals surface area contributed by atoms with Crippen LogP contribution in [0.5, 0.6) is 0 Å². The molecule has 2 aliphatic heterocycles. The molecule has 1 atom stereocenters. The number of nitrogens with zero attached hydrogens (tertiary/aromatic N) is 2. The van der Waals surface area contributed by atoms with Gasteiger partial charge in [-0.25, -0.2) is 9.98 Å². The van der Waals surface area contributed by atoms with Gasteiger partial charge in [0.2, 0.25) is 0 Å². The fraction of sp³-hybridized carbons (Fsp3) is 0.0909. The number of dihydropyridines is 1. The van der Waals surface area contributed by atoms with Gasteiger partial charge in [0.1, 0.15) is 0 Å². The molecule has 72 valence electrons. The summed E-state index contributed by atoms with van der Waals surface area (Å²) in [5, 5.41) is 0. The van der Waals surface area contributed by atoms with Gasteiger partial charge in [0.15, 0.2) is 0 Å². The van der Waals surface area contributed by atoms with E-state index in [0.29, 0.717) is 11.3 Å². The van der Waals surface area contributed by atoms with Crippen LogP contribution in [0.25, 0.3) is 0 Å². The first-order valence-corrected chi connectivity index (χ1v) is 4.53. The van der Waals surface area contributed by atoms with Crippen molar-refractivity contribution in [1.29, 1.82) is 0 Å². The van der Waals surface area contributed by atoms with Crippen LogP contribution in [0.1, 0.15) is 0 Å². The number of hydrogen-bond donors (Lipinski definition) is 0. The number of hydrogen-bond acceptors (Lipinski definition) is 2. The number of allylic oxidation sites excluding steroid dienone is 4. The molecule has 2 amide bonds. The molecule has 0 bridgehead atoms. The lowest BCUT2D eigenvalue weighted by Crippen LogP contribution is -2.35. The Balaban J connectivity index is 2.29. The Hall–Kier alpha value is -2.10. The zero-order valence-corrected chi connectivity index (χ0v) is 7.68. The lowest BCUT2D eigenvalue weighted by atomic mass is 9.74. The Morgan fingerprint density at radius 1 is 1.20 bits per heavy atom. The molecule has 4 heteroatoms. The van der Waals surface area contributed by atoms with Crippen molar-refractivity contribution in [3.8, 4) is 0 Å². The molecule has 0 fully saturated rings. The van der Waals surface area contributed by atoms with Gasteiger partial charge >= 0.3 is 0 Å². The Kier molecular flexibility index (Phi) is 1.36. The second-order valence-corrected chi connectivity index (χ2v) is 3.54. The molecule has 0 aromatic rings. The highest BCUT2D eigenvalue weighted by atomic mass is 16.2. The van der Waals surface area contributed by atoms with Gasteiger partial charge in [-0.3, -0.25) is 9.59 Å². The van der Waals surface area contributed by atoms with E-state index in [9.17, 15) is 9.59 Å². The summed E-state index contributed by atoms with van der Waals surface area (Å²) in [6, 6.07) is 0. The average molecular weight is 198 g/mol. The van der Waals surface area contributed by atoms with E-state index < -0.39 is 11.3 Å². The minimum atomic E-state index is -0.681. The molecular weight excluding hydrogens is 192 g/mol. The Bertz CT molecular complexity index is 531. The smallest absolute Gasteiger partial charge is 0.267 e. The Morgan fingerprint density at radius 3 is 2.93 bits per heavy atom. The van der Waals surface area contributed by atoms with Crippen LogP contribution in [0.3, 0.4) is 0 Å². The van der Waals surface area contributed by atoms with Crippen LogP contribution in [0.4, 0.5) is 0 Å². The summed E-state index contributed by atoms with van der Waals surface area (Å²) in [4.78, 5) is 30.4. The van der Waals surface area contributed by atoms with E-state index in [4.69, 9.17) is 0 Å². The van der Waals surface area contributed by atoms with Crippen LogP contribution >= 0.6 is 0 Å².